The lowest BCUT2D eigenvalue weighted by Gasteiger charge is -2.13. The average molecular weight is 251 g/mol. The fourth-order valence-corrected chi connectivity index (χ4v) is 1.81. The van der Waals surface area contributed by atoms with Crippen molar-refractivity contribution in [3.63, 3.8) is 0 Å². The number of carboxylic acids is 1. The van der Waals surface area contributed by atoms with Crippen LogP contribution in [0.25, 0.3) is 0 Å². The number of alkyl halides is 1. The number of nitrogens with zero attached hydrogens (tertiary/aromatic N) is 1. The third-order valence-electron chi connectivity index (χ3n) is 2.75. The smallest absolute Gasteiger partial charge is 0.338 e. The van der Waals surface area contributed by atoms with Gasteiger partial charge in [-0.15, -0.1) is 0 Å². The van der Waals surface area contributed by atoms with Crippen molar-refractivity contribution < 1.29 is 23.9 Å². The van der Waals surface area contributed by atoms with Crippen molar-refractivity contribution in [3.05, 3.63) is 35.4 Å². The Morgan fingerprint density at radius 1 is 1.22 bits per heavy atom. The van der Waals surface area contributed by atoms with E-state index < -0.39 is 30.4 Å². The summed E-state index contributed by atoms with van der Waals surface area (Å²) in [5, 5.41) is 8.40. The van der Waals surface area contributed by atoms with Crippen molar-refractivity contribution in [1.29, 1.82) is 0 Å². The van der Waals surface area contributed by atoms with E-state index in [1.165, 1.54) is 12.1 Å². The second-order valence-electron chi connectivity index (χ2n) is 3.90. The van der Waals surface area contributed by atoms with Crippen LogP contribution in [0.3, 0.4) is 0 Å². The number of fused-ring (bicyclic) bond motifs is 1. The fraction of sp³-hybridized carbons (Fsp3) is 0.250. The number of hydrogen-bond donors (Lipinski definition) is 1. The molecule has 1 aromatic rings. The van der Waals surface area contributed by atoms with Gasteiger partial charge in [-0.3, -0.25) is 14.5 Å². The van der Waals surface area contributed by atoms with E-state index >= 15 is 0 Å². The number of carbonyl (C=O) groups excluding carboxylic acids is 2. The first kappa shape index (κ1) is 12.2. The minimum Gasteiger partial charge on any atom is -0.479 e. The molecule has 0 saturated heterocycles. The Hall–Kier alpha value is -2.24. The van der Waals surface area contributed by atoms with E-state index in [0.717, 1.165) is 4.90 Å². The molecular weight excluding hydrogens is 241 g/mol. The molecule has 2 rings (SSSR count). The number of aliphatic carboxylic acids is 1. The zero-order chi connectivity index (χ0) is 13.3. The van der Waals surface area contributed by atoms with E-state index in [4.69, 9.17) is 5.11 Å². The Morgan fingerprint density at radius 3 is 2.17 bits per heavy atom. The highest BCUT2D eigenvalue weighted by Gasteiger charge is 2.35. The number of amides is 2. The molecule has 0 bridgehead atoms. The number of imide groups is 1. The lowest BCUT2D eigenvalue weighted by atomic mass is 10.1. The topological polar surface area (TPSA) is 74.7 Å². The van der Waals surface area contributed by atoms with Gasteiger partial charge >= 0.3 is 5.97 Å². The molecule has 1 aliphatic rings. The van der Waals surface area contributed by atoms with Crippen LogP contribution in [0, 0.1) is 0 Å². The second kappa shape index (κ2) is 4.56. The van der Waals surface area contributed by atoms with Gasteiger partial charge in [-0.1, -0.05) is 12.1 Å². The average Bonchev–Trinajstić information content (AvgIpc) is 2.60. The van der Waals surface area contributed by atoms with Gasteiger partial charge in [0.15, 0.2) is 6.17 Å². The van der Waals surface area contributed by atoms with Crippen molar-refractivity contribution in [2.45, 2.75) is 12.6 Å². The number of benzene rings is 1. The minimum absolute atomic E-state index is 0.236. The summed E-state index contributed by atoms with van der Waals surface area (Å²) in [5.74, 6) is -2.60. The van der Waals surface area contributed by atoms with Gasteiger partial charge in [-0.05, 0) is 12.1 Å². The van der Waals surface area contributed by atoms with Gasteiger partial charge in [-0.25, -0.2) is 9.18 Å². The van der Waals surface area contributed by atoms with Gasteiger partial charge in [-0.2, -0.15) is 0 Å². The molecular formula is C12H10FNO4. The van der Waals surface area contributed by atoms with E-state index in [1.807, 2.05) is 0 Å². The standard InChI is InChI=1S/C12H10FNO4/c13-9(12(17)18)5-6-14-10(15)7-3-1-2-4-8(7)11(14)16/h1-4,9H,5-6H2,(H,17,18). The van der Waals surface area contributed by atoms with E-state index in [9.17, 15) is 18.8 Å². The van der Waals surface area contributed by atoms with Crippen LogP contribution in [0.4, 0.5) is 4.39 Å². The van der Waals surface area contributed by atoms with Gasteiger partial charge in [0.05, 0.1) is 11.1 Å². The van der Waals surface area contributed by atoms with Gasteiger partial charge in [0, 0.05) is 13.0 Å². The van der Waals surface area contributed by atoms with E-state index in [-0.39, 0.29) is 17.7 Å². The molecule has 5 nitrogen and oxygen atoms in total. The molecule has 0 spiro atoms. The maximum Gasteiger partial charge on any atom is 0.338 e. The van der Waals surface area contributed by atoms with Crippen molar-refractivity contribution in [3.8, 4) is 0 Å². The Bertz CT molecular complexity index is 494. The molecule has 0 fully saturated rings. The van der Waals surface area contributed by atoms with Crippen molar-refractivity contribution in [2.24, 2.45) is 0 Å². The molecule has 0 aromatic heterocycles. The summed E-state index contributed by atoms with van der Waals surface area (Å²) >= 11 is 0. The molecule has 1 aliphatic heterocycles. The third-order valence-corrected chi connectivity index (χ3v) is 2.75. The van der Waals surface area contributed by atoms with Gasteiger partial charge in [0.25, 0.3) is 11.8 Å². The van der Waals surface area contributed by atoms with Gasteiger partial charge in [0.1, 0.15) is 0 Å². The molecule has 0 aliphatic carbocycles. The van der Waals surface area contributed by atoms with Crippen LogP contribution < -0.4 is 0 Å². The van der Waals surface area contributed by atoms with Crippen LogP contribution in [-0.2, 0) is 4.79 Å². The molecule has 0 radical (unpaired) electrons. The zero-order valence-corrected chi connectivity index (χ0v) is 9.30. The van der Waals surface area contributed by atoms with Crippen LogP contribution in [0.1, 0.15) is 27.1 Å². The summed E-state index contributed by atoms with van der Waals surface area (Å²) in [6.45, 7) is -0.236. The summed E-state index contributed by atoms with van der Waals surface area (Å²) in [6, 6.07) is 6.28. The fourth-order valence-electron chi connectivity index (χ4n) is 1.81. The number of carboxylic acid groups (broad SMARTS) is 1. The van der Waals surface area contributed by atoms with Crippen LogP contribution in [-0.4, -0.2) is 40.5 Å². The summed E-state index contributed by atoms with van der Waals surface area (Å²) in [7, 11) is 0. The highest BCUT2D eigenvalue weighted by atomic mass is 19.1. The van der Waals surface area contributed by atoms with Crippen molar-refractivity contribution in [1.82, 2.24) is 4.90 Å². The molecule has 1 aromatic carbocycles. The molecule has 0 saturated carbocycles. The molecule has 1 N–H and O–H groups in total. The first-order valence-corrected chi connectivity index (χ1v) is 5.34. The van der Waals surface area contributed by atoms with E-state index in [2.05, 4.69) is 0 Å². The van der Waals surface area contributed by atoms with E-state index in [0.29, 0.717) is 0 Å². The third kappa shape index (κ3) is 1.97. The zero-order valence-electron chi connectivity index (χ0n) is 9.30. The Labute approximate surface area is 102 Å². The van der Waals surface area contributed by atoms with Crippen molar-refractivity contribution >= 4 is 17.8 Å². The maximum atomic E-state index is 12.9. The molecule has 6 heteroatoms. The second-order valence-corrected chi connectivity index (χ2v) is 3.90. The Morgan fingerprint density at radius 2 is 1.72 bits per heavy atom. The van der Waals surface area contributed by atoms with Crippen LogP contribution >= 0.6 is 0 Å². The summed E-state index contributed by atoms with van der Waals surface area (Å²) in [5.41, 5.74) is 0.543. The highest BCUT2D eigenvalue weighted by Crippen LogP contribution is 2.22. The monoisotopic (exact) mass is 251 g/mol. The van der Waals surface area contributed by atoms with Gasteiger partial charge in [0.2, 0.25) is 0 Å². The first-order chi connectivity index (χ1) is 8.52. The lowest BCUT2D eigenvalue weighted by Crippen LogP contribution is -2.33. The molecule has 1 unspecified atom stereocenters. The van der Waals surface area contributed by atoms with Gasteiger partial charge < -0.3 is 5.11 Å². The lowest BCUT2D eigenvalue weighted by molar-refractivity contribution is -0.143. The largest absolute Gasteiger partial charge is 0.479 e. The van der Waals surface area contributed by atoms with Crippen LogP contribution in [0.15, 0.2) is 24.3 Å². The quantitative estimate of drug-likeness (QED) is 0.813. The number of carbonyl (C=O) groups is 3. The predicted octanol–water partition coefficient (Wildman–Crippen LogP) is 1.10. The summed E-state index contributed by atoms with van der Waals surface area (Å²) in [6.07, 6.45) is -2.48. The minimum atomic E-state index is -2.07. The van der Waals surface area contributed by atoms with Crippen LogP contribution in [0.5, 0.6) is 0 Å². The Balaban J connectivity index is 2.12. The molecule has 18 heavy (non-hydrogen) atoms. The number of hydrogen-bond acceptors (Lipinski definition) is 3. The maximum absolute atomic E-state index is 12.9. The molecule has 2 amide bonds. The number of rotatable bonds is 4. The summed E-state index contributed by atoms with van der Waals surface area (Å²) in [4.78, 5) is 34.8. The number of halogens is 1. The van der Waals surface area contributed by atoms with Crippen LogP contribution in [0.2, 0.25) is 0 Å². The molecule has 1 atom stereocenters. The SMILES string of the molecule is O=C(O)C(F)CCN1C(=O)c2ccccc2C1=O. The molecule has 94 valence electrons. The van der Waals surface area contributed by atoms with Crippen molar-refractivity contribution in [2.75, 3.05) is 6.54 Å². The first-order valence-electron chi connectivity index (χ1n) is 5.34. The van der Waals surface area contributed by atoms with E-state index in [1.54, 1.807) is 12.1 Å². The molecule has 1 heterocycles. The Kier molecular flexibility index (Phi) is 3.10. The summed E-state index contributed by atoms with van der Waals surface area (Å²) < 4.78 is 12.9. The highest BCUT2D eigenvalue weighted by molar-refractivity contribution is 6.21. The predicted molar refractivity (Wildman–Crippen MR) is 59.0 cm³/mol. The normalized spacial score (nSPS) is 15.7.